The molecule has 1 unspecified atom stereocenters. The van der Waals surface area contributed by atoms with Crippen LogP contribution >= 0.6 is 0 Å². The lowest BCUT2D eigenvalue weighted by Crippen LogP contribution is -2.38. The van der Waals surface area contributed by atoms with Crippen LogP contribution in [-0.2, 0) is 0 Å². The fraction of sp³-hybridized carbons (Fsp3) is 0.609. The Labute approximate surface area is 172 Å². The molecule has 1 aromatic heterocycles. The number of nitrogens with one attached hydrogen (secondary N) is 1. The number of aliphatic hydroxyl groups excluding tert-OH is 2. The Balaban J connectivity index is 1.42. The Morgan fingerprint density at radius 1 is 1.14 bits per heavy atom. The number of hydrogen-bond acceptors (Lipinski definition) is 5. The first-order valence-electron chi connectivity index (χ1n) is 10.9. The molecular weight excluding hydrogens is 368 g/mol. The van der Waals surface area contributed by atoms with Crippen LogP contribution in [0.1, 0.15) is 44.9 Å². The summed E-state index contributed by atoms with van der Waals surface area (Å²) in [6.45, 7) is 2.92. The van der Waals surface area contributed by atoms with Gasteiger partial charge in [-0.1, -0.05) is 19.3 Å². The van der Waals surface area contributed by atoms with Crippen LogP contribution in [-0.4, -0.2) is 59.0 Å². The molecule has 1 saturated carbocycles. The summed E-state index contributed by atoms with van der Waals surface area (Å²) in [5.74, 6) is 1.52. The Morgan fingerprint density at radius 2 is 1.97 bits per heavy atom. The molecule has 0 radical (unpaired) electrons. The number of H-pyrrole nitrogens is 1. The van der Waals surface area contributed by atoms with Crippen LogP contribution in [0.5, 0.6) is 5.75 Å². The third-order valence-electron chi connectivity index (χ3n) is 5.75. The highest BCUT2D eigenvalue weighted by Crippen LogP contribution is 2.24. The Kier molecular flexibility index (Phi) is 8.52. The Bertz CT molecular complexity index is 801. The van der Waals surface area contributed by atoms with Crippen molar-refractivity contribution in [1.82, 2.24) is 9.88 Å². The lowest BCUT2D eigenvalue weighted by Gasteiger charge is -2.30. The monoisotopic (exact) mass is 402 g/mol. The van der Waals surface area contributed by atoms with Gasteiger partial charge in [-0.25, -0.2) is 0 Å². The number of aliphatic hydroxyl groups is 2. The van der Waals surface area contributed by atoms with Crippen molar-refractivity contribution >= 4 is 10.9 Å². The van der Waals surface area contributed by atoms with Gasteiger partial charge < -0.3 is 24.8 Å². The van der Waals surface area contributed by atoms with Crippen LogP contribution in [0.25, 0.3) is 10.9 Å². The number of aromatic amines is 1. The van der Waals surface area contributed by atoms with E-state index in [1.165, 1.54) is 38.2 Å². The van der Waals surface area contributed by atoms with E-state index < -0.39 is 6.10 Å². The van der Waals surface area contributed by atoms with Gasteiger partial charge in [0.1, 0.15) is 5.75 Å². The summed E-state index contributed by atoms with van der Waals surface area (Å²) in [6, 6.07) is 9.02. The summed E-state index contributed by atoms with van der Waals surface area (Å²) >= 11 is 0. The quantitative estimate of drug-likeness (QED) is 0.503. The molecule has 1 aliphatic carbocycles. The predicted octanol–water partition coefficient (Wildman–Crippen LogP) is 2.92. The molecule has 0 saturated heterocycles. The lowest BCUT2D eigenvalue weighted by atomic mass is 9.89. The van der Waals surface area contributed by atoms with Crippen molar-refractivity contribution in [3.05, 3.63) is 40.7 Å². The van der Waals surface area contributed by atoms with Crippen LogP contribution in [0.2, 0.25) is 0 Å². The van der Waals surface area contributed by atoms with Crippen molar-refractivity contribution in [2.75, 3.05) is 32.8 Å². The van der Waals surface area contributed by atoms with E-state index in [1.807, 2.05) is 18.2 Å². The maximum Gasteiger partial charge on any atom is 0.248 e. The molecular formula is C23H34N2O4. The van der Waals surface area contributed by atoms with Gasteiger partial charge in [0.25, 0.3) is 0 Å². The van der Waals surface area contributed by atoms with E-state index in [0.717, 1.165) is 48.5 Å². The summed E-state index contributed by atoms with van der Waals surface area (Å²) < 4.78 is 5.88. The van der Waals surface area contributed by atoms with Gasteiger partial charge in [0.15, 0.2) is 0 Å². The zero-order valence-corrected chi connectivity index (χ0v) is 17.2. The normalized spacial score (nSPS) is 16.4. The number of fused-ring (bicyclic) bond motifs is 1. The predicted molar refractivity (Wildman–Crippen MR) is 115 cm³/mol. The zero-order chi connectivity index (χ0) is 20.5. The maximum absolute atomic E-state index is 11.4. The molecule has 1 aliphatic rings. The highest BCUT2D eigenvalue weighted by molar-refractivity contribution is 5.79. The van der Waals surface area contributed by atoms with Gasteiger partial charge in [0.05, 0.1) is 19.3 Å². The minimum atomic E-state index is -0.668. The van der Waals surface area contributed by atoms with E-state index in [0.29, 0.717) is 13.2 Å². The smallest absolute Gasteiger partial charge is 0.248 e. The number of nitrogens with zero attached hydrogens (tertiary/aromatic N) is 1. The molecule has 3 rings (SSSR count). The first-order chi connectivity index (χ1) is 14.1. The van der Waals surface area contributed by atoms with E-state index in [1.54, 1.807) is 6.07 Å². The molecule has 1 atom stereocenters. The van der Waals surface area contributed by atoms with Crippen molar-refractivity contribution in [3.8, 4) is 5.75 Å². The third kappa shape index (κ3) is 7.14. The fourth-order valence-electron chi connectivity index (χ4n) is 4.20. The van der Waals surface area contributed by atoms with Gasteiger partial charge in [0, 0.05) is 30.1 Å². The second-order valence-corrected chi connectivity index (χ2v) is 8.23. The van der Waals surface area contributed by atoms with Crippen molar-refractivity contribution in [1.29, 1.82) is 0 Å². The SMILES string of the molecule is O=c1ccc2cc(OCCCCN(CC(O)CO)CC3CCCCC3)ccc2[nH]1. The van der Waals surface area contributed by atoms with Crippen LogP contribution < -0.4 is 10.3 Å². The molecule has 0 spiro atoms. The molecule has 1 fully saturated rings. The highest BCUT2D eigenvalue weighted by atomic mass is 16.5. The molecule has 6 heteroatoms. The number of unbranched alkanes of at least 4 members (excludes halogenated alkanes) is 1. The number of benzene rings is 1. The molecule has 6 nitrogen and oxygen atoms in total. The van der Waals surface area contributed by atoms with Crippen molar-refractivity contribution in [3.63, 3.8) is 0 Å². The largest absolute Gasteiger partial charge is 0.494 e. The van der Waals surface area contributed by atoms with E-state index in [-0.39, 0.29) is 12.2 Å². The molecule has 0 bridgehead atoms. The first-order valence-corrected chi connectivity index (χ1v) is 10.9. The summed E-state index contributed by atoms with van der Waals surface area (Å²) in [4.78, 5) is 16.5. The van der Waals surface area contributed by atoms with E-state index in [2.05, 4.69) is 9.88 Å². The molecule has 0 amide bonds. The van der Waals surface area contributed by atoms with Gasteiger partial charge >= 0.3 is 0 Å². The fourth-order valence-corrected chi connectivity index (χ4v) is 4.20. The maximum atomic E-state index is 11.4. The Hall–Kier alpha value is -1.89. The molecule has 3 N–H and O–H groups in total. The molecule has 160 valence electrons. The topological polar surface area (TPSA) is 85.8 Å². The van der Waals surface area contributed by atoms with E-state index in [9.17, 15) is 15.0 Å². The van der Waals surface area contributed by atoms with Gasteiger partial charge in [-0.15, -0.1) is 0 Å². The third-order valence-corrected chi connectivity index (χ3v) is 5.75. The lowest BCUT2D eigenvalue weighted by molar-refractivity contribution is 0.0508. The highest BCUT2D eigenvalue weighted by Gasteiger charge is 2.19. The number of aromatic nitrogens is 1. The van der Waals surface area contributed by atoms with Crippen LogP contribution in [0.4, 0.5) is 0 Å². The summed E-state index contributed by atoms with van der Waals surface area (Å²) in [6.07, 6.45) is 7.79. The second-order valence-electron chi connectivity index (χ2n) is 8.23. The van der Waals surface area contributed by atoms with Gasteiger partial charge in [-0.05, 0) is 62.4 Å². The standard InChI is InChI=1S/C23H34N2O4/c26-17-20(27)16-25(15-18-6-2-1-3-7-18)12-4-5-13-29-21-9-10-22-19(14-21)8-11-23(28)24-22/h8-11,14,18,20,26-27H,1-7,12-13,15-17H2,(H,24,28). The van der Waals surface area contributed by atoms with Gasteiger partial charge in [0.2, 0.25) is 5.56 Å². The second kappa shape index (κ2) is 11.3. The zero-order valence-electron chi connectivity index (χ0n) is 17.2. The van der Waals surface area contributed by atoms with Crippen LogP contribution in [0.15, 0.2) is 35.1 Å². The Morgan fingerprint density at radius 3 is 2.76 bits per heavy atom. The molecule has 0 aliphatic heterocycles. The van der Waals surface area contributed by atoms with Crippen molar-refractivity contribution in [2.24, 2.45) is 5.92 Å². The van der Waals surface area contributed by atoms with Crippen LogP contribution in [0, 0.1) is 5.92 Å². The summed E-state index contributed by atoms with van der Waals surface area (Å²) in [5, 5.41) is 20.0. The number of pyridine rings is 1. The molecule has 1 aromatic carbocycles. The van der Waals surface area contributed by atoms with Crippen LogP contribution in [0.3, 0.4) is 0 Å². The van der Waals surface area contributed by atoms with E-state index >= 15 is 0 Å². The average Bonchev–Trinajstić information content (AvgIpc) is 2.74. The molecule has 2 aromatic rings. The van der Waals surface area contributed by atoms with Gasteiger partial charge in [-0.3, -0.25) is 4.79 Å². The number of ether oxygens (including phenoxy) is 1. The van der Waals surface area contributed by atoms with Crippen molar-refractivity contribution < 1.29 is 14.9 Å². The molecule has 1 heterocycles. The molecule has 29 heavy (non-hydrogen) atoms. The minimum Gasteiger partial charge on any atom is -0.494 e. The first kappa shape index (κ1) is 21.8. The van der Waals surface area contributed by atoms with E-state index in [4.69, 9.17) is 4.74 Å². The minimum absolute atomic E-state index is 0.102. The van der Waals surface area contributed by atoms with Gasteiger partial charge in [-0.2, -0.15) is 0 Å². The number of rotatable bonds is 11. The summed E-state index contributed by atoms with van der Waals surface area (Å²) in [7, 11) is 0. The summed E-state index contributed by atoms with van der Waals surface area (Å²) in [5.41, 5.74) is 0.709. The average molecular weight is 403 g/mol. The number of hydrogen-bond donors (Lipinski definition) is 3. The van der Waals surface area contributed by atoms with Crippen molar-refractivity contribution in [2.45, 2.75) is 51.0 Å².